The average molecular weight is 773 g/mol. The zero-order valence-corrected chi connectivity index (χ0v) is 31.6. The van der Waals surface area contributed by atoms with E-state index in [-0.39, 0.29) is 46.0 Å². The van der Waals surface area contributed by atoms with E-state index in [1.807, 2.05) is 0 Å². The number of aromatic nitrogens is 3. The second-order valence-corrected chi connectivity index (χ2v) is 14.9. The minimum atomic E-state index is -0.716. The maximum Gasteiger partial charge on any atom is 0.410 e. The maximum atomic E-state index is 13.2. The Hall–Kier alpha value is -4.37. The van der Waals surface area contributed by atoms with Crippen LogP contribution in [-0.2, 0) is 22.6 Å². The van der Waals surface area contributed by atoms with Crippen molar-refractivity contribution in [3.05, 3.63) is 74.3 Å². The molecule has 0 saturated carbocycles. The Morgan fingerprint density at radius 3 is 2.63 bits per heavy atom. The minimum Gasteiger partial charge on any atom is -0.481 e. The maximum absolute atomic E-state index is 13.2. The van der Waals surface area contributed by atoms with Gasteiger partial charge in [0.2, 0.25) is 11.8 Å². The van der Waals surface area contributed by atoms with Crippen LogP contribution in [0.15, 0.2) is 48.8 Å². The Kier molecular flexibility index (Phi) is 13.0. The summed E-state index contributed by atoms with van der Waals surface area (Å²) in [7, 11) is 1.49. The molecule has 1 aromatic carbocycles. The summed E-state index contributed by atoms with van der Waals surface area (Å²) in [6.07, 6.45) is 4.11. The molecule has 3 N–H and O–H groups in total. The van der Waals surface area contributed by atoms with Gasteiger partial charge in [0.15, 0.2) is 5.01 Å². The molecule has 4 aromatic rings. The number of carbonyl (C=O) groups is 3. The van der Waals surface area contributed by atoms with Crippen LogP contribution in [0.25, 0.3) is 22.5 Å². The molecule has 0 aliphatic carbocycles. The molecule has 12 nitrogen and oxygen atoms in total. The molecule has 0 radical (unpaired) electrons. The van der Waals surface area contributed by atoms with Crippen molar-refractivity contribution in [2.24, 2.45) is 0 Å². The van der Waals surface area contributed by atoms with Crippen LogP contribution >= 0.6 is 34.5 Å². The summed E-state index contributed by atoms with van der Waals surface area (Å²) in [5, 5.41) is 9.60. The quantitative estimate of drug-likeness (QED) is 0.112. The van der Waals surface area contributed by atoms with Gasteiger partial charge in [-0.1, -0.05) is 35.3 Å². The lowest BCUT2D eigenvalue weighted by atomic mass is 10.1. The number of carbonyl (C=O) groups excluding carboxylic acids is 3. The summed E-state index contributed by atoms with van der Waals surface area (Å²) in [6.45, 7) is 6.38. The third-order valence-electron chi connectivity index (χ3n) is 7.87. The number of nitrogens with zero attached hydrogens (tertiary/aromatic N) is 4. The summed E-state index contributed by atoms with van der Waals surface area (Å²) in [5.41, 5.74) is 2.15. The summed E-state index contributed by atoms with van der Waals surface area (Å²) in [6, 6.07) is 10.2. The average Bonchev–Trinajstić information content (AvgIpc) is 3.76. The third kappa shape index (κ3) is 9.94. The van der Waals surface area contributed by atoms with Gasteiger partial charge in [-0.05, 0) is 64.4 Å². The summed E-state index contributed by atoms with van der Waals surface area (Å²) in [5.74, 6) is -0.202. The van der Waals surface area contributed by atoms with Gasteiger partial charge in [-0.3, -0.25) is 19.0 Å². The molecule has 0 unspecified atom stereocenters. The third-order valence-corrected chi connectivity index (χ3v) is 9.66. The first-order valence-corrected chi connectivity index (χ1v) is 18.2. The van der Waals surface area contributed by atoms with Gasteiger partial charge in [-0.2, -0.15) is 0 Å². The van der Waals surface area contributed by atoms with Crippen LogP contribution in [0, 0.1) is 0 Å². The predicted octanol–water partition coefficient (Wildman–Crippen LogP) is 7.30. The molecule has 0 bridgehead atoms. The SMILES string of the molecule is COc1nc(-c2ccnc(-c3cccc(NC(=O)c4ncc(CNCCCF)s4)c3Cl)c2Cl)ccc1CN(C[C@@H]1CCC(=O)N1)C(=O)OC(C)(C)C. The lowest BCUT2D eigenvalue weighted by Gasteiger charge is -2.29. The van der Waals surface area contributed by atoms with Crippen LogP contribution in [-0.4, -0.2) is 76.3 Å². The van der Waals surface area contributed by atoms with E-state index in [0.717, 1.165) is 4.88 Å². The van der Waals surface area contributed by atoms with Crippen LogP contribution in [0.3, 0.4) is 0 Å². The zero-order chi connectivity index (χ0) is 37.4. The first-order valence-electron chi connectivity index (χ1n) is 16.6. The molecule has 0 spiro atoms. The molecule has 276 valence electrons. The predicted molar refractivity (Wildman–Crippen MR) is 200 cm³/mol. The Balaban J connectivity index is 1.36. The number of alkyl halides is 1. The van der Waals surface area contributed by atoms with E-state index in [4.69, 9.17) is 37.7 Å². The molecular formula is C36H40Cl2FN7O5S. The molecule has 1 fully saturated rings. The fourth-order valence-corrected chi connectivity index (χ4v) is 6.80. The molecule has 1 atom stereocenters. The van der Waals surface area contributed by atoms with Crippen molar-refractivity contribution in [2.45, 2.75) is 64.8 Å². The lowest BCUT2D eigenvalue weighted by Crippen LogP contribution is -2.43. The molecule has 3 aromatic heterocycles. The molecule has 5 rings (SSSR count). The molecular weight excluding hydrogens is 732 g/mol. The summed E-state index contributed by atoms with van der Waals surface area (Å²) in [4.78, 5) is 54.0. The number of pyridine rings is 2. The number of ether oxygens (including phenoxy) is 2. The van der Waals surface area contributed by atoms with E-state index in [2.05, 4.69) is 25.9 Å². The molecule has 52 heavy (non-hydrogen) atoms. The number of nitrogens with one attached hydrogen (secondary N) is 3. The molecule has 1 aliphatic heterocycles. The van der Waals surface area contributed by atoms with Crippen LogP contribution in [0.5, 0.6) is 5.88 Å². The Labute approximate surface area is 315 Å². The van der Waals surface area contributed by atoms with Crippen molar-refractivity contribution >= 4 is 58.1 Å². The molecule has 16 heteroatoms. The first kappa shape index (κ1) is 38.9. The van der Waals surface area contributed by atoms with Crippen molar-refractivity contribution in [1.29, 1.82) is 0 Å². The van der Waals surface area contributed by atoms with E-state index >= 15 is 0 Å². The number of anilines is 1. The standard InChI is InChI=1S/C36H40Cl2FN7O5S/c1-36(2,3)51-35(49)46(20-22-10-12-28(47)43-22)19-21-9-11-26(45-33(21)50-4)24-13-16-41-31(30(24)38)25-7-5-8-27(29(25)37)44-32(48)34-42-18-23(52-34)17-40-15-6-14-39/h5,7-9,11,13,16,18,22,40H,6,10,12,14-15,17,19-20H2,1-4H3,(H,43,47)(H,44,48)/t22-/m0/s1. The van der Waals surface area contributed by atoms with Gasteiger partial charge < -0.3 is 30.3 Å². The zero-order valence-electron chi connectivity index (χ0n) is 29.2. The highest BCUT2D eigenvalue weighted by molar-refractivity contribution is 7.13. The van der Waals surface area contributed by atoms with Crippen LogP contribution in [0.1, 0.15) is 60.3 Å². The normalized spacial score (nSPS) is 14.2. The van der Waals surface area contributed by atoms with Gasteiger partial charge in [0.1, 0.15) is 5.60 Å². The largest absolute Gasteiger partial charge is 0.481 e. The number of benzene rings is 1. The van der Waals surface area contributed by atoms with Crippen molar-refractivity contribution in [3.63, 3.8) is 0 Å². The second kappa shape index (κ2) is 17.4. The number of hydrogen-bond donors (Lipinski definition) is 3. The first-order chi connectivity index (χ1) is 24.9. The van der Waals surface area contributed by atoms with Gasteiger partial charge in [-0.15, -0.1) is 11.3 Å². The van der Waals surface area contributed by atoms with Crippen LogP contribution < -0.4 is 20.7 Å². The van der Waals surface area contributed by atoms with E-state index in [9.17, 15) is 18.8 Å². The Bertz CT molecular complexity index is 1920. The van der Waals surface area contributed by atoms with Crippen molar-refractivity contribution in [1.82, 2.24) is 30.5 Å². The molecule has 1 saturated heterocycles. The lowest BCUT2D eigenvalue weighted by molar-refractivity contribution is -0.119. The molecule has 1 aliphatic rings. The highest BCUT2D eigenvalue weighted by Gasteiger charge is 2.29. The van der Waals surface area contributed by atoms with Gasteiger partial charge in [0, 0.05) is 59.5 Å². The fourth-order valence-electron chi connectivity index (χ4n) is 5.45. The highest BCUT2D eigenvalue weighted by Crippen LogP contribution is 2.40. The number of amides is 3. The van der Waals surface area contributed by atoms with Gasteiger partial charge in [0.25, 0.3) is 5.91 Å². The minimum absolute atomic E-state index is 0.0502. The van der Waals surface area contributed by atoms with Gasteiger partial charge in [0.05, 0.1) is 47.4 Å². The fraction of sp³-hybridized carbons (Fsp3) is 0.389. The van der Waals surface area contributed by atoms with Crippen LogP contribution in [0.2, 0.25) is 10.0 Å². The van der Waals surface area contributed by atoms with Gasteiger partial charge in [-0.25, -0.2) is 14.8 Å². The Morgan fingerprint density at radius 1 is 1.12 bits per heavy atom. The number of thiazole rings is 1. The number of halogens is 3. The Morgan fingerprint density at radius 2 is 1.92 bits per heavy atom. The number of hydrogen-bond acceptors (Lipinski definition) is 10. The summed E-state index contributed by atoms with van der Waals surface area (Å²) < 4.78 is 23.7. The number of rotatable bonds is 14. The summed E-state index contributed by atoms with van der Waals surface area (Å²) >= 11 is 15.0. The van der Waals surface area contributed by atoms with Crippen molar-refractivity contribution in [2.75, 3.05) is 32.2 Å². The monoisotopic (exact) mass is 771 g/mol. The van der Waals surface area contributed by atoms with E-state index in [1.54, 1.807) is 69.6 Å². The van der Waals surface area contributed by atoms with E-state index < -0.39 is 24.3 Å². The van der Waals surface area contributed by atoms with Gasteiger partial charge >= 0.3 is 6.09 Å². The highest BCUT2D eigenvalue weighted by atomic mass is 35.5. The van der Waals surface area contributed by atoms with Crippen molar-refractivity contribution in [3.8, 4) is 28.4 Å². The topological polar surface area (TPSA) is 148 Å². The molecule has 3 amide bonds. The van der Waals surface area contributed by atoms with Crippen molar-refractivity contribution < 1.29 is 28.2 Å². The molecule has 4 heterocycles. The van der Waals surface area contributed by atoms with E-state index in [1.165, 1.54) is 23.3 Å². The van der Waals surface area contributed by atoms with E-state index in [0.29, 0.717) is 66.1 Å². The second-order valence-electron chi connectivity index (χ2n) is 13.0. The smallest absolute Gasteiger partial charge is 0.410 e. The van der Waals surface area contributed by atoms with Crippen LogP contribution in [0.4, 0.5) is 14.9 Å². The number of methoxy groups -OCH3 is 1.